The van der Waals surface area contributed by atoms with Gasteiger partial charge in [-0.3, -0.25) is 29.2 Å². The van der Waals surface area contributed by atoms with Crippen molar-refractivity contribution in [3.8, 4) is 0 Å². The third-order valence-electron chi connectivity index (χ3n) is 8.10. The molecule has 5 heterocycles. The molecule has 0 radical (unpaired) electrons. The van der Waals surface area contributed by atoms with Gasteiger partial charge in [0, 0.05) is 29.2 Å². The van der Waals surface area contributed by atoms with Crippen LogP contribution in [-0.4, -0.2) is 30.8 Å². The molecular formula is C34H29N7O3S. The highest BCUT2D eigenvalue weighted by molar-refractivity contribution is 7.17. The number of thiophene rings is 1. The van der Waals surface area contributed by atoms with Crippen LogP contribution in [0.25, 0.3) is 16.7 Å². The summed E-state index contributed by atoms with van der Waals surface area (Å²) in [6.45, 7) is 2.05. The van der Waals surface area contributed by atoms with Gasteiger partial charge in [0.25, 0.3) is 17.4 Å². The Morgan fingerprint density at radius 3 is 2.60 bits per heavy atom. The minimum absolute atomic E-state index is 0.00122. The standard InChI is InChI=1S/C34H29N7O3S/c1-20-9-8-16-40-29(20)38-30-25(34(40)44)17-24(28(35)41(30)19-21-10-7-15-36-18-21)31(42)39-33-27(23-13-5-6-14-26(23)45-33)32(43)37-22-11-3-2-4-12-22/h2-4,7-12,15-18,35H,5-6,13-14,19H2,1H3,(H,37,43)(H,39,42). The van der Waals surface area contributed by atoms with Gasteiger partial charge < -0.3 is 15.2 Å². The van der Waals surface area contributed by atoms with Crippen LogP contribution in [0, 0.1) is 12.3 Å². The fourth-order valence-electron chi connectivity index (χ4n) is 5.88. The van der Waals surface area contributed by atoms with Gasteiger partial charge >= 0.3 is 0 Å². The topological polar surface area (TPSA) is 134 Å². The highest BCUT2D eigenvalue weighted by Gasteiger charge is 2.28. The molecular weight excluding hydrogens is 586 g/mol. The van der Waals surface area contributed by atoms with E-state index in [1.54, 1.807) is 35.3 Å². The van der Waals surface area contributed by atoms with Gasteiger partial charge in [0.15, 0.2) is 0 Å². The Labute approximate surface area is 261 Å². The lowest BCUT2D eigenvalue weighted by Crippen LogP contribution is -2.32. The van der Waals surface area contributed by atoms with Gasteiger partial charge in [-0.25, -0.2) is 4.98 Å². The van der Waals surface area contributed by atoms with Crippen molar-refractivity contribution in [2.24, 2.45) is 0 Å². The minimum atomic E-state index is -0.581. The molecule has 1 aromatic carbocycles. The molecule has 2 amide bonds. The number of aromatic nitrogens is 4. The van der Waals surface area contributed by atoms with E-state index in [0.717, 1.165) is 47.3 Å². The number of nitrogens with zero attached hydrogens (tertiary/aromatic N) is 4. The van der Waals surface area contributed by atoms with Crippen LogP contribution in [0.2, 0.25) is 0 Å². The van der Waals surface area contributed by atoms with Crippen molar-refractivity contribution in [1.82, 2.24) is 18.9 Å². The number of carbonyl (C=O) groups excluding carboxylic acids is 2. The van der Waals surface area contributed by atoms with Crippen molar-refractivity contribution in [3.63, 3.8) is 0 Å². The number of hydrogen-bond acceptors (Lipinski definition) is 7. The van der Waals surface area contributed by atoms with Crippen molar-refractivity contribution >= 4 is 50.5 Å². The summed E-state index contributed by atoms with van der Waals surface area (Å²) in [5.41, 5.74) is 3.98. The molecule has 7 rings (SSSR count). The molecule has 6 aromatic rings. The fourth-order valence-corrected chi connectivity index (χ4v) is 7.16. The number of aryl methyl sites for hydroxylation is 2. The predicted molar refractivity (Wildman–Crippen MR) is 174 cm³/mol. The highest BCUT2D eigenvalue weighted by Crippen LogP contribution is 2.38. The minimum Gasteiger partial charge on any atom is -0.322 e. The van der Waals surface area contributed by atoms with Crippen LogP contribution in [0.3, 0.4) is 0 Å². The number of fused-ring (bicyclic) bond motifs is 3. The first kappa shape index (κ1) is 28.4. The summed E-state index contributed by atoms with van der Waals surface area (Å²) in [5.74, 6) is -0.876. The van der Waals surface area contributed by atoms with Crippen LogP contribution in [-0.2, 0) is 19.4 Å². The van der Waals surface area contributed by atoms with Gasteiger partial charge in [-0.15, -0.1) is 11.3 Å². The quantitative estimate of drug-likeness (QED) is 0.218. The van der Waals surface area contributed by atoms with Gasteiger partial charge in [-0.2, -0.15) is 0 Å². The second-order valence-electron chi connectivity index (χ2n) is 11.1. The third kappa shape index (κ3) is 5.21. The van der Waals surface area contributed by atoms with E-state index >= 15 is 0 Å². The zero-order chi connectivity index (χ0) is 31.1. The number of nitrogens with one attached hydrogen (secondary N) is 3. The van der Waals surface area contributed by atoms with E-state index in [-0.39, 0.29) is 34.4 Å². The van der Waals surface area contributed by atoms with Crippen LogP contribution < -0.4 is 21.7 Å². The first-order chi connectivity index (χ1) is 21.9. The first-order valence-electron chi connectivity index (χ1n) is 14.7. The fraction of sp³-hybridized carbons (Fsp3) is 0.176. The number of anilines is 2. The lowest BCUT2D eigenvalue weighted by Gasteiger charge is -2.16. The van der Waals surface area contributed by atoms with E-state index < -0.39 is 5.91 Å². The van der Waals surface area contributed by atoms with E-state index in [2.05, 4.69) is 15.6 Å². The maximum Gasteiger partial charge on any atom is 0.267 e. The summed E-state index contributed by atoms with van der Waals surface area (Å²) in [4.78, 5) is 51.5. The smallest absolute Gasteiger partial charge is 0.267 e. The second-order valence-corrected chi connectivity index (χ2v) is 12.2. The number of benzene rings is 1. The number of para-hydroxylation sites is 1. The summed E-state index contributed by atoms with van der Waals surface area (Å²) in [5, 5.41) is 15.7. The molecule has 3 N–H and O–H groups in total. The summed E-state index contributed by atoms with van der Waals surface area (Å²) < 4.78 is 3.02. The van der Waals surface area contributed by atoms with Crippen LogP contribution in [0.15, 0.2) is 84.0 Å². The second kappa shape index (κ2) is 11.6. The Hall–Kier alpha value is -5.42. The molecule has 0 unspecified atom stereocenters. The molecule has 11 heteroatoms. The Kier molecular flexibility index (Phi) is 7.30. The molecule has 224 valence electrons. The van der Waals surface area contributed by atoms with E-state index in [1.165, 1.54) is 21.8 Å². The van der Waals surface area contributed by atoms with Gasteiger partial charge in [0.05, 0.1) is 23.1 Å². The molecule has 5 aromatic heterocycles. The summed E-state index contributed by atoms with van der Waals surface area (Å²) in [7, 11) is 0. The average Bonchev–Trinajstić information content (AvgIpc) is 3.42. The zero-order valence-corrected chi connectivity index (χ0v) is 25.3. The Balaban J connectivity index is 1.35. The van der Waals surface area contributed by atoms with Crippen LogP contribution in [0.4, 0.5) is 10.7 Å². The van der Waals surface area contributed by atoms with Crippen LogP contribution >= 0.6 is 11.3 Å². The first-order valence-corrected chi connectivity index (χ1v) is 15.5. The van der Waals surface area contributed by atoms with Crippen LogP contribution in [0.5, 0.6) is 0 Å². The number of rotatable bonds is 6. The van der Waals surface area contributed by atoms with Crippen molar-refractivity contribution in [3.05, 3.63) is 128 Å². The largest absolute Gasteiger partial charge is 0.322 e. The molecule has 45 heavy (non-hydrogen) atoms. The molecule has 10 nitrogen and oxygen atoms in total. The molecule has 0 saturated heterocycles. The SMILES string of the molecule is Cc1cccn2c(=O)c3cc(C(=O)Nc4sc5c(c4C(=O)Nc4ccccc4)CCCC5)c(=N)n(Cc4cccnc4)c3nc12. The van der Waals surface area contributed by atoms with Gasteiger partial charge in [-0.1, -0.05) is 30.3 Å². The number of hydrogen-bond donors (Lipinski definition) is 3. The van der Waals surface area contributed by atoms with E-state index in [0.29, 0.717) is 27.5 Å². The lowest BCUT2D eigenvalue weighted by molar-refractivity contribution is 0.102. The molecule has 0 atom stereocenters. The number of pyridine rings is 3. The maximum absolute atomic E-state index is 14.0. The summed E-state index contributed by atoms with van der Waals surface area (Å²) >= 11 is 1.40. The van der Waals surface area contributed by atoms with Crippen molar-refractivity contribution in [2.45, 2.75) is 39.2 Å². The highest BCUT2D eigenvalue weighted by atomic mass is 32.1. The van der Waals surface area contributed by atoms with E-state index in [9.17, 15) is 19.8 Å². The Bertz CT molecular complexity index is 2240. The van der Waals surface area contributed by atoms with Crippen molar-refractivity contribution in [2.75, 3.05) is 10.6 Å². The maximum atomic E-state index is 14.0. The van der Waals surface area contributed by atoms with Crippen molar-refractivity contribution in [1.29, 1.82) is 5.41 Å². The summed E-state index contributed by atoms with van der Waals surface area (Å²) in [6, 6.07) is 17.9. The molecule has 1 aliphatic rings. The average molecular weight is 616 g/mol. The van der Waals surface area contributed by atoms with Gasteiger partial charge in [0.2, 0.25) is 0 Å². The number of carbonyl (C=O) groups is 2. The molecule has 0 saturated carbocycles. The third-order valence-corrected chi connectivity index (χ3v) is 9.31. The van der Waals surface area contributed by atoms with Crippen molar-refractivity contribution < 1.29 is 9.59 Å². The predicted octanol–water partition coefficient (Wildman–Crippen LogP) is 5.33. The zero-order valence-electron chi connectivity index (χ0n) is 24.5. The Morgan fingerprint density at radius 2 is 1.80 bits per heavy atom. The van der Waals surface area contributed by atoms with Gasteiger partial charge in [0.1, 0.15) is 21.8 Å². The molecule has 0 aliphatic heterocycles. The lowest BCUT2D eigenvalue weighted by atomic mass is 9.95. The molecule has 0 bridgehead atoms. The normalized spacial score (nSPS) is 12.6. The Morgan fingerprint density at radius 1 is 0.978 bits per heavy atom. The van der Waals surface area contributed by atoms with Gasteiger partial charge in [-0.05, 0) is 79.6 Å². The van der Waals surface area contributed by atoms with E-state index in [1.807, 2.05) is 49.4 Å². The summed E-state index contributed by atoms with van der Waals surface area (Å²) in [6.07, 6.45) is 8.54. The van der Waals surface area contributed by atoms with E-state index in [4.69, 9.17) is 4.98 Å². The monoisotopic (exact) mass is 615 g/mol. The number of amides is 2. The molecule has 0 fully saturated rings. The molecule has 1 aliphatic carbocycles. The van der Waals surface area contributed by atoms with Crippen LogP contribution in [0.1, 0.15) is 55.1 Å². The molecule has 0 spiro atoms.